The van der Waals surface area contributed by atoms with E-state index in [1.807, 2.05) is 31.2 Å². The molecule has 1 N–H and O–H groups in total. The molecule has 6 rings (SSSR count). The summed E-state index contributed by atoms with van der Waals surface area (Å²) in [5.41, 5.74) is 6.81. The molecule has 0 spiro atoms. The first-order valence-electron chi connectivity index (χ1n) is 11.1. The van der Waals surface area contributed by atoms with Gasteiger partial charge in [-0.3, -0.25) is 15.0 Å². The number of fused-ring (bicyclic) bond motifs is 4. The summed E-state index contributed by atoms with van der Waals surface area (Å²) in [6, 6.07) is 12.4. The molecular weight excluding hydrogens is 386 g/mol. The van der Waals surface area contributed by atoms with Gasteiger partial charge in [0, 0.05) is 36.1 Å². The number of aliphatic hydroxyl groups is 1. The molecule has 0 amide bonds. The molecule has 4 aromatic rings. The van der Waals surface area contributed by atoms with Gasteiger partial charge in [0.25, 0.3) is 0 Å². The fourth-order valence-electron chi connectivity index (χ4n) is 5.43. The third-order valence-corrected chi connectivity index (χ3v) is 6.88. The molecule has 0 unspecified atom stereocenters. The van der Waals surface area contributed by atoms with E-state index < -0.39 is 0 Å². The molecule has 1 fully saturated rings. The van der Waals surface area contributed by atoms with Gasteiger partial charge in [-0.1, -0.05) is 12.1 Å². The zero-order valence-electron chi connectivity index (χ0n) is 17.6. The predicted molar refractivity (Wildman–Crippen MR) is 119 cm³/mol. The normalized spacial score (nSPS) is 22.8. The SMILES string of the molecule is Cc1cccc(-c2nc3n(c2-c2ccc4nccnc4c2)CC[C@H]2C[C@H](O)CC[C@H]32)n1. The van der Waals surface area contributed by atoms with E-state index in [1.54, 1.807) is 12.4 Å². The summed E-state index contributed by atoms with van der Waals surface area (Å²) in [6.07, 6.45) is 7.10. The van der Waals surface area contributed by atoms with Crippen molar-refractivity contribution >= 4 is 11.0 Å². The molecule has 3 aromatic heterocycles. The van der Waals surface area contributed by atoms with Gasteiger partial charge in [0.1, 0.15) is 11.5 Å². The van der Waals surface area contributed by atoms with E-state index in [4.69, 9.17) is 9.97 Å². The van der Waals surface area contributed by atoms with E-state index in [0.29, 0.717) is 11.8 Å². The highest BCUT2D eigenvalue weighted by molar-refractivity contribution is 5.85. The Bertz CT molecular complexity index is 1280. The summed E-state index contributed by atoms with van der Waals surface area (Å²) >= 11 is 0. The summed E-state index contributed by atoms with van der Waals surface area (Å²) in [5.74, 6) is 2.05. The number of nitrogens with zero attached hydrogens (tertiary/aromatic N) is 5. The maximum absolute atomic E-state index is 10.2. The lowest BCUT2D eigenvalue weighted by Crippen LogP contribution is -2.32. The van der Waals surface area contributed by atoms with Gasteiger partial charge in [-0.15, -0.1) is 0 Å². The molecule has 156 valence electrons. The van der Waals surface area contributed by atoms with Crippen molar-refractivity contribution in [2.75, 3.05) is 0 Å². The van der Waals surface area contributed by atoms with Crippen LogP contribution in [0.3, 0.4) is 0 Å². The lowest BCUT2D eigenvalue weighted by molar-refractivity contribution is 0.0750. The van der Waals surface area contributed by atoms with E-state index >= 15 is 0 Å². The van der Waals surface area contributed by atoms with E-state index in [-0.39, 0.29) is 6.10 Å². The highest BCUT2D eigenvalue weighted by atomic mass is 16.3. The molecule has 1 aliphatic carbocycles. The highest BCUT2D eigenvalue weighted by Gasteiger charge is 2.38. The Morgan fingerprint density at radius 3 is 2.71 bits per heavy atom. The topological polar surface area (TPSA) is 76.7 Å². The zero-order chi connectivity index (χ0) is 20.9. The molecular formula is C25H25N5O. The van der Waals surface area contributed by atoms with Crippen molar-refractivity contribution in [2.45, 2.75) is 51.2 Å². The molecule has 1 saturated carbocycles. The molecule has 1 aromatic carbocycles. The minimum atomic E-state index is -0.167. The largest absolute Gasteiger partial charge is 0.393 e. The molecule has 0 radical (unpaired) electrons. The van der Waals surface area contributed by atoms with Crippen LogP contribution >= 0.6 is 0 Å². The Morgan fingerprint density at radius 2 is 1.84 bits per heavy atom. The number of hydrogen-bond acceptors (Lipinski definition) is 5. The highest BCUT2D eigenvalue weighted by Crippen LogP contribution is 2.46. The van der Waals surface area contributed by atoms with Crippen LogP contribution in [0.25, 0.3) is 33.7 Å². The molecule has 1 aliphatic heterocycles. The first kappa shape index (κ1) is 18.6. The minimum absolute atomic E-state index is 0.167. The van der Waals surface area contributed by atoms with Crippen molar-refractivity contribution in [2.24, 2.45) is 5.92 Å². The van der Waals surface area contributed by atoms with Gasteiger partial charge in [0.05, 0.1) is 28.5 Å². The monoisotopic (exact) mass is 411 g/mol. The van der Waals surface area contributed by atoms with Crippen molar-refractivity contribution in [3.63, 3.8) is 0 Å². The average molecular weight is 412 g/mol. The quantitative estimate of drug-likeness (QED) is 0.525. The van der Waals surface area contributed by atoms with Crippen LogP contribution in [0.5, 0.6) is 0 Å². The minimum Gasteiger partial charge on any atom is -0.393 e. The second-order valence-electron chi connectivity index (χ2n) is 8.87. The molecule has 31 heavy (non-hydrogen) atoms. The smallest absolute Gasteiger partial charge is 0.115 e. The summed E-state index contributed by atoms with van der Waals surface area (Å²) in [7, 11) is 0. The van der Waals surface area contributed by atoms with Gasteiger partial charge in [0.15, 0.2) is 0 Å². The molecule has 6 heteroatoms. The second kappa shape index (κ2) is 7.24. The molecule has 0 bridgehead atoms. The first-order chi connectivity index (χ1) is 15.2. The lowest BCUT2D eigenvalue weighted by atomic mass is 9.74. The van der Waals surface area contributed by atoms with E-state index in [1.165, 1.54) is 0 Å². The van der Waals surface area contributed by atoms with Gasteiger partial charge in [-0.2, -0.15) is 0 Å². The van der Waals surface area contributed by atoms with Gasteiger partial charge in [-0.05, 0) is 62.8 Å². The van der Waals surface area contributed by atoms with E-state index in [0.717, 1.165) is 77.4 Å². The van der Waals surface area contributed by atoms with Crippen LogP contribution in [0, 0.1) is 12.8 Å². The van der Waals surface area contributed by atoms with Crippen LogP contribution < -0.4 is 0 Å². The van der Waals surface area contributed by atoms with E-state index in [9.17, 15) is 5.11 Å². The van der Waals surface area contributed by atoms with Crippen LogP contribution in [0.1, 0.15) is 43.1 Å². The van der Waals surface area contributed by atoms with Crippen molar-refractivity contribution in [1.82, 2.24) is 24.5 Å². The average Bonchev–Trinajstić information content (AvgIpc) is 3.18. The fourth-order valence-corrected chi connectivity index (χ4v) is 5.43. The standard InChI is InChI=1S/C25H25N5O/c1-15-3-2-4-21(28-15)23-24(17-5-8-20-22(14-17)27-11-10-26-20)30-12-9-16-13-18(31)6-7-19(16)25(30)29-23/h2-5,8,10-11,14,16,18-19,31H,6-7,9,12-13H2,1H3/t16-,18+,19-/m0/s1. The van der Waals surface area contributed by atoms with Crippen LogP contribution in [0.15, 0.2) is 48.8 Å². The zero-order valence-corrected chi connectivity index (χ0v) is 17.6. The number of aromatic nitrogens is 5. The molecule has 0 saturated heterocycles. The van der Waals surface area contributed by atoms with Crippen molar-refractivity contribution in [3.8, 4) is 22.6 Å². The molecule has 4 heterocycles. The number of aliphatic hydroxyl groups excluding tert-OH is 1. The lowest BCUT2D eigenvalue weighted by Gasteiger charge is -2.38. The maximum atomic E-state index is 10.2. The number of aryl methyl sites for hydroxylation is 1. The third-order valence-electron chi connectivity index (χ3n) is 6.88. The number of benzene rings is 1. The van der Waals surface area contributed by atoms with Crippen molar-refractivity contribution in [3.05, 3.63) is 60.3 Å². The Balaban J connectivity index is 1.57. The van der Waals surface area contributed by atoms with Crippen molar-refractivity contribution < 1.29 is 5.11 Å². The summed E-state index contributed by atoms with van der Waals surface area (Å²) in [5, 5.41) is 10.2. The number of rotatable bonds is 2. The predicted octanol–water partition coefficient (Wildman–Crippen LogP) is 4.51. The first-order valence-corrected chi connectivity index (χ1v) is 11.1. The van der Waals surface area contributed by atoms with Crippen molar-refractivity contribution in [1.29, 1.82) is 0 Å². The number of hydrogen-bond donors (Lipinski definition) is 1. The molecule has 2 aliphatic rings. The number of imidazole rings is 1. The van der Waals surface area contributed by atoms with Crippen LogP contribution in [0.4, 0.5) is 0 Å². The van der Waals surface area contributed by atoms with Gasteiger partial charge >= 0.3 is 0 Å². The summed E-state index contributed by atoms with van der Waals surface area (Å²) in [6.45, 7) is 2.93. The molecule has 3 atom stereocenters. The Morgan fingerprint density at radius 1 is 0.968 bits per heavy atom. The Kier molecular flexibility index (Phi) is 4.35. The Hall–Kier alpha value is -3.12. The summed E-state index contributed by atoms with van der Waals surface area (Å²) < 4.78 is 2.40. The maximum Gasteiger partial charge on any atom is 0.115 e. The number of pyridine rings is 1. The fraction of sp³-hybridized carbons (Fsp3) is 0.360. The van der Waals surface area contributed by atoms with Gasteiger partial charge < -0.3 is 9.67 Å². The van der Waals surface area contributed by atoms with Gasteiger partial charge in [0.2, 0.25) is 0 Å². The second-order valence-corrected chi connectivity index (χ2v) is 8.87. The van der Waals surface area contributed by atoms with Gasteiger partial charge in [-0.25, -0.2) is 4.98 Å². The van der Waals surface area contributed by atoms with Crippen LogP contribution in [-0.2, 0) is 6.54 Å². The van der Waals surface area contributed by atoms with Crippen LogP contribution in [0.2, 0.25) is 0 Å². The molecule has 6 nitrogen and oxygen atoms in total. The third kappa shape index (κ3) is 3.13. The Labute approximate surface area is 181 Å². The summed E-state index contributed by atoms with van der Waals surface area (Å²) in [4.78, 5) is 19.0. The van der Waals surface area contributed by atoms with E-state index in [2.05, 4.69) is 26.7 Å². The van der Waals surface area contributed by atoms with Crippen LogP contribution in [-0.4, -0.2) is 35.7 Å².